The number of halogens is 1. The van der Waals surface area contributed by atoms with Crippen molar-refractivity contribution in [3.63, 3.8) is 0 Å². The van der Waals surface area contributed by atoms with Crippen LogP contribution in [0, 0.1) is 5.82 Å². The van der Waals surface area contributed by atoms with E-state index in [2.05, 4.69) is 0 Å². The number of methoxy groups -OCH3 is 2. The van der Waals surface area contributed by atoms with Gasteiger partial charge in [-0.2, -0.15) is 0 Å². The molecule has 162 valence electrons. The van der Waals surface area contributed by atoms with Gasteiger partial charge in [-0.05, 0) is 30.2 Å². The van der Waals surface area contributed by atoms with Gasteiger partial charge in [-0.25, -0.2) is 4.39 Å². The molecule has 7 heteroatoms. The quantitative estimate of drug-likeness (QED) is 0.532. The molecule has 5 nitrogen and oxygen atoms in total. The van der Waals surface area contributed by atoms with E-state index in [9.17, 15) is 9.18 Å². The standard InChI is InChI=1S/C23H29FN2O3S/c1-28-14-5-12-25(16-19-6-3-4-7-21(19)24)17-22(27)26-13-15-30-23(26)18-8-10-20(29-2)11-9-18/h3-4,6-11,23H,5,12-17H2,1-2H3. The summed E-state index contributed by atoms with van der Waals surface area (Å²) in [6.07, 6.45) is 0.787. The van der Waals surface area contributed by atoms with Gasteiger partial charge in [-0.3, -0.25) is 9.69 Å². The van der Waals surface area contributed by atoms with Crippen LogP contribution in [0.4, 0.5) is 4.39 Å². The van der Waals surface area contributed by atoms with Crippen LogP contribution in [-0.4, -0.2) is 61.9 Å². The van der Waals surface area contributed by atoms with Crippen molar-refractivity contribution in [3.05, 3.63) is 65.5 Å². The monoisotopic (exact) mass is 432 g/mol. The molecule has 0 bridgehead atoms. The number of benzene rings is 2. The van der Waals surface area contributed by atoms with E-state index in [1.54, 1.807) is 38.1 Å². The fraction of sp³-hybridized carbons (Fsp3) is 0.435. The van der Waals surface area contributed by atoms with E-state index < -0.39 is 0 Å². The van der Waals surface area contributed by atoms with E-state index in [4.69, 9.17) is 9.47 Å². The summed E-state index contributed by atoms with van der Waals surface area (Å²) in [6.45, 7) is 2.64. The first-order valence-electron chi connectivity index (χ1n) is 10.1. The van der Waals surface area contributed by atoms with Gasteiger partial charge in [0.15, 0.2) is 0 Å². The molecule has 0 N–H and O–H groups in total. The minimum atomic E-state index is -0.241. The Hall–Kier alpha value is -2.09. The van der Waals surface area contributed by atoms with Gasteiger partial charge in [-0.1, -0.05) is 30.3 Å². The number of thioether (sulfide) groups is 1. The number of hydrogen-bond acceptors (Lipinski definition) is 5. The van der Waals surface area contributed by atoms with E-state index in [-0.39, 0.29) is 23.6 Å². The van der Waals surface area contributed by atoms with Crippen LogP contribution < -0.4 is 4.74 Å². The average Bonchev–Trinajstić information content (AvgIpc) is 3.25. The summed E-state index contributed by atoms with van der Waals surface area (Å²) in [5.74, 6) is 1.53. The zero-order valence-corrected chi connectivity index (χ0v) is 18.4. The Morgan fingerprint density at radius 1 is 1.20 bits per heavy atom. The van der Waals surface area contributed by atoms with Crippen molar-refractivity contribution in [2.45, 2.75) is 18.3 Å². The highest BCUT2D eigenvalue weighted by Crippen LogP contribution is 2.38. The fourth-order valence-electron chi connectivity index (χ4n) is 3.57. The van der Waals surface area contributed by atoms with Crippen molar-refractivity contribution >= 4 is 17.7 Å². The number of ether oxygens (including phenoxy) is 2. The first-order chi connectivity index (χ1) is 14.6. The Kier molecular flexibility index (Phi) is 8.54. The molecule has 1 aliphatic heterocycles. The maximum absolute atomic E-state index is 14.2. The maximum atomic E-state index is 14.2. The molecule has 1 unspecified atom stereocenters. The molecule has 0 radical (unpaired) electrons. The van der Waals surface area contributed by atoms with E-state index >= 15 is 0 Å². The van der Waals surface area contributed by atoms with Crippen LogP contribution >= 0.6 is 11.8 Å². The summed E-state index contributed by atoms with van der Waals surface area (Å²) in [7, 11) is 3.30. The Morgan fingerprint density at radius 2 is 1.97 bits per heavy atom. The molecule has 0 spiro atoms. The predicted molar refractivity (Wildman–Crippen MR) is 118 cm³/mol. The zero-order chi connectivity index (χ0) is 21.3. The van der Waals surface area contributed by atoms with Gasteiger partial charge < -0.3 is 14.4 Å². The molecule has 2 aromatic carbocycles. The van der Waals surface area contributed by atoms with Gasteiger partial charge in [0.25, 0.3) is 0 Å². The minimum absolute atomic E-state index is 0.00214. The highest BCUT2D eigenvalue weighted by atomic mass is 32.2. The molecule has 0 saturated carbocycles. The lowest BCUT2D eigenvalue weighted by atomic mass is 10.2. The number of amides is 1. The highest BCUT2D eigenvalue weighted by Gasteiger charge is 2.31. The third-order valence-corrected chi connectivity index (χ3v) is 6.41. The molecular formula is C23H29FN2O3S. The Labute approximate surface area is 182 Å². The molecule has 1 atom stereocenters. The van der Waals surface area contributed by atoms with Gasteiger partial charge >= 0.3 is 0 Å². The third kappa shape index (κ3) is 5.97. The number of rotatable bonds is 10. The second kappa shape index (κ2) is 11.3. The summed E-state index contributed by atoms with van der Waals surface area (Å²) < 4.78 is 24.6. The third-order valence-electron chi connectivity index (χ3n) is 5.15. The van der Waals surface area contributed by atoms with Crippen molar-refractivity contribution in [2.75, 3.05) is 46.2 Å². The first kappa shape index (κ1) is 22.6. The lowest BCUT2D eigenvalue weighted by Gasteiger charge is -2.28. The van der Waals surface area contributed by atoms with Crippen molar-refractivity contribution in [2.24, 2.45) is 0 Å². The largest absolute Gasteiger partial charge is 0.497 e. The Morgan fingerprint density at radius 3 is 2.67 bits per heavy atom. The van der Waals surface area contributed by atoms with E-state index in [1.165, 1.54) is 6.07 Å². The molecule has 1 amide bonds. The summed E-state index contributed by atoms with van der Waals surface area (Å²) in [5.41, 5.74) is 1.69. The number of carbonyl (C=O) groups is 1. The van der Waals surface area contributed by atoms with E-state index in [1.807, 2.05) is 40.1 Å². The summed E-state index contributed by atoms with van der Waals surface area (Å²) in [5, 5.41) is -0.00214. The minimum Gasteiger partial charge on any atom is -0.497 e. The molecule has 1 aliphatic rings. The second-order valence-electron chi connectivity index (χ2n) is 7.23. The molecule has 1 saturated heterocycles. The lowest BCUT2D eigenvalue weighted by molar-refractivity contribution is -0.132. The SMILES string of the molecule is COCCCN(CC(=O)N1CCSC1c1ccc(OC)cc1)Cc1ccccc1F. The number of nitrogens with zero attached hydrogens (tertiary/aromatic N) is 2. The van der Waals surface area contributed by atoms with Crippen LogP contribution in [0.1, 0.15) is 22.9 Å². The van der Waals surface area contributed by atoms with Crippen molar-refractivity contribution in [1.29, 1.82) is 0 Å². The zero-order valence-electron chi connectivity index (χ0n) is 17.6. The van der Waals surface area contributed by atoms with Crippen LogP contribution in [0.5, 0.6) is 5.75 Å². The normalized spacial score (nSPS) is 16.3. The van der Waals surface area contributed by atoms with E-state index in [0.717, 1.165) is 23.5 Å². The van der Waals surface area contributed by atoms with Gasteiger partial charge in [0, 0.05) is 44.7 Å². The van der Waals surface area contributed by atoms with Crippen LogP contribution in [0.25, 0.3) is 0 Å². The molecule has 2 aromatic rings. The Balaban J connectivity index is 1.68. The maximum Gasteiger partial charge on any atom is 0.237 e. The van der Waals surface area contributed by atoms with Crippen LogP contribution in [0.15, 0.2) is 48.5 Å². The smallest absolute Gasteiger partial charge is 0.237 e. The van der Waals surface area contributed by atoms with Crippen molar-refractivity contribution in [3.8, 4) is 5.75 Å². The van der Waals surface area contributed by atoms with Crippen LogP contribution in [-0.2, 0) is 16.1 Å². The number of hydrogen-bond donors (Lipinski definition) is 0. The van der Waals surface area contributed by atoms with Crippen molar-refractivity contribution < 1.29 is 18.7 Å². The van der Waals surface area contributed by atoms with Gasteiger partial charge in [0.05, 0.1) is 13.7 Å². The molecule has 3 rings (SSSR count). The fourth-order valence-corrected chi connectivity index (χ4v) is 4.84. The van der Waals surface area contributed by atoms with Crippen LogP contribution in [0.2, 0.25) is 0 Å². The molecular weight excluding hydrogens is 403 g/mol. The molecule has 0 aromatic heterocycles. The van der Waals surface area contributed by atoms with Gasteiger partial charge in [-0.15, -0.1) is 11.8 Å². The predicted octanol–water partition coefficient (Wildman–Crippen LogP) is 3.95. The lowest BCUT2D eigenvalue weighted by Crippen LogP contribution is -2.40. The van der Waals surface area contributed by atoms with Crippen LogP contribution in [0.3, 0.4) is 0 Å². The molecule has 1 heterocycles. The molecule has 1 fully saturated rings. The Bertz CT molecular complexity index is 818. The topological polar surface area (TPSA) is 42.0 Å². The van der Waals surface area contributed by atoms with Crippen molar-refractivity contribution in [1.82, 2.24) is 9.80 Å². The summed E-state index contributed by atoms with van der Waals surface area (Å²) in [4.78, 5) is 17.1. The molecule has 0 aliphatic carbocycles. The molecule has 30 heavy (non-hydrogen) atoms. The number of carbonyl (C=O) groups excluding carboxylic acids is 1. The van der Waals surface area contributed by atoms with Gasteiger partial charge in [0.2, 0.25) is 5.91 Å². The summed E-state index contributed by atoms with van der Waals surface area (Å²) >= 11 is 1.77. The van der Waals surface area contributed by atoms with Gasteiger partial charge in [0.1, 0.15) is 16.9 Å². The second-order valence-corrected chi connectivity index (χ2v) is 8.42. The highest BCUT2D eigenvalue weighted by molar-refractivity contribution is 7.99. The van der Waals surface area contributed by atoms with E-state index in [0.29, 0.717) is 31.8 Å². The first-order valence-corrected chi connectivity index (χ1v) is 11.2. The summed E-state index contributed by atoms with van der Waals surface area (Å²) in [6, 6.07) is 14.6. The average molecular weight is 433 g/mol.